The van der Waals surface area contributed by atoms with E-state index in [1.165, 1.54) is 30.6 Å². The minimum absolute atomic E-state index is 0.154. The summed E-state index contributed by atoms with van der Waals surface area (Å²) in [5.74, 6) is -1.05. The van der Waals surface area contributed by atoms with Crippen molar-refractivity contribution in [3.63, 3.8) is 0 Å². The van der Waals surface area contributed by atoms with Gasteiger partial charge in [-0.05, 0) is 91.9 Å². The van der Waals surface area contributed by atoms with E-state index in [0.717, 1.165) is 92.0 Å². The second-order valence-corrected chi connectivity index (χ2v) is 17.2. The van der Waals surface area contributed by atoms with E-state index < -0.39 is 46.1 Å². The number of aromatic nitrogens is 1. The summed E-state index contributed by atoms with van der Waals surface area (Å²) in [6, 6.07) is 12.3. The first-order chi connectivity index (χ1) is 26.4. The number of methoxy groups -OCH3 is 2. The smallest absolute Gasteiger partial charge is 0.344 e. The first-order valence-electron chi connectivity index (χ1n) is 20.3. The number of hydrogen-bond acceptors (Lipinski definition) is 9. The molecule has 6 aliphatic rings. The van der Waals surface area contributed by atoms with Crippen molar-refractivity contribution < 1.29 is 28.9 Å². The van der Waals surface area contributed by atoms with Gasteiger partial charge in [-0.15, -0.1) is 0 Å². The van der Waals surface area contributed by atoms with Crippen LogP contribution in [0.4, 0.5) is 5.69 Å². The summed E-state index contributed by atoms with van der Waals surface area (Å²) in [7, 11) is 5.16. The number of nitrogens with zero attached hydrogens (tertiary/aromatic N) is 3. The number of aromatic amines is 1. The van der Waals surface area contributed by atoms with Gasteiger partial charge in [0, 0.05) is 80.7 Å². The van der Waals surface area contributed by atoms with Crippen molar-refractivity contribution in [1.29, 1.82) is 0 Å². The Morgan fingerprint density at radius 3 is 2.60 bits per heavy atom. The van der Waals surface area contributed by atoms with Crippen LogP contribution in [-0.4, -0.2) is 110 Å². The fourth-order valence-corrected chi connectivity index (χ4v) is 12.9. The van der Waals surface area contributed by atoms with Crippen LogP contribution < -0.4 is 4.90 Å². The van der Waals surface area contributed by atoms with Gasteiger partial charge >= 0.3 is 11.9 Å². The van der Waals surface area contributed by atoms with Crippen molar-refractivity contribution in [2.75, 3.05) is 58.9 Å². The van der Waals surface area contributed by atoms with E-state index in [1.807, 2.05) is 14.2 Å². The third-order valence-electron chi connectivity index (χ3n) is 14.8. The molecule has 2 fully saturated rings. The van der Waals surface area contributed by atoms with E-state index >= 15 is 0 Å². The molecule has 1 aliphatic carbocycles. The fraction of sp³-hybridized carbons (Fsp3) is 0.556. The van der Waals surface area contributed by atoms with Gasteiger partial charge in [0.1, 0.15) is 5.60 Å². The Kier molecular flexibility index (Phi) is 8.52. The number of likely N-dealkylation sites (N-methyl/N-ethyl adjacent to an activating group) is 1. The highest BCUT2D eigenvalue weighted by Crippen LogP contribution is 2.68. The fourth-order valence-electron chi connectivity index (χ4n) is 12.9. The number of aryl methyl sites for hydroxylation is 1. The molecule has 1 aromatic heterocycles. The highest BCUT2D eigenvalue weighted by atomic mass is 16.6. The van der Waals surface area contributed by atoms with Gasteiger partial charge in [-0.3, -0.25) is 14.6 Å². The molecule has 2 N–H and O–H groups in total. The Balaban J connectivity index is 1.33. The molecule has 1 saturated heterocycles. The lowest BCUT2D eigenvalue weighted by Crippen LogP contribution is -2.81. The van der Waals surface area contributed by atoms with Crippen molar-refractivity contribution in [3.8, 4) is 0 Å². The Hall–Kier alpha value is -3.96. The average Bonchev–Trinajstić information content (AvgIpc) is 3.84. The maximum Gasteiger partial charge on any atom is 0.344 e. The Bertz CT molecular complexity index is 2140. The van der Waals surface area contributed by atoms with Gasteiger partial charge in [0.05, 0.1) is 18.8 Å². The summed E-state index contributed by atoms with van der Waals surface area (Å²) in [5.41, 5.74) is 4.70. The van der Waals surface area contributed by atoms with Gasteiger partial charge in [0.25, 0.3) is 0 Å². The third kappa shape index (κ3) is 4.74. The van der Waals surface area contributed by atoms with Crippen molar-refractivity contribution in [1.82, 2.24) is 14.8 Å². The van der Waals surface area contributed by atoms with E-state index in [9.17, 15) is 14.7 Å². The molecule has 3 aromatic rings. The molecule has 10 heteroatoms. The Morgan fingerprint density at radius 2 is 1.87 bits per heavy atom. The second-order valence-electron chi connectivity index (χ2n) is 17.2. The number of benzene rings is 2. The molecule has 5 aliphatic heterocycles. The van der Waals surface area contributed by atoms with Crippen LogP contribution in [0.5, 0.6) is 0 Å². The minimum Gasteiger partial charge on any atom is -0.467 e. The third-order valence-corrected chi connectivity index (χ3v) is 14.8. The van der Waals surface area contributed by atoms with Gasteiger partial charge in [-0.25, -0.2) is 4.79 Å². The number of esters is 2. The number of carbonyl (C=O) groups is 2. The van der Waals surface area contributed by atoms with Crippen LogP contribution in [0.15, 0.2) is 60.2 Å². The molecule has 9 atom stereocenters. The number of hydrogen-bond donors (Lipinski definition) is 2. The quantitative estimate of drug-likeness (QED) is 0.249. The van der Waals surface area contributed by atoms with Crippen LogP contribution in [0.2, 0.25) is 0 Å². The zero-order valence-electron chi connectivity index (χ0n) is 33.4. The first kappa shape index (κ1) is 36.7. The molecule has 0 amide bonds. The van der Waals surface area contributed by atoms with Crippen LogP contribution in [0.3, 0.4) is 0 Å². The average molecular weight is 749 g/mol. The number of aliphatic hydroxyl groups is 1. The predicted octanol–water partition coefficient (Wildman–Crippen LogP) is 5.53. The van der Waals surface area contributed by atoms with Crippen molar-refractivity contribution in [2.45, 2.75) is 94.6 Å². The van der Waals surface area contributed by atoms with E-state index in [-0.39, 0.29) is 12.0 Å². The van der Waals surface area contributed by atoms with Gasteiger partial charge < -0.3 is 29.2 Å². The van der Waals surface area contributed by atoms with E-state index in [1.54, 1.807) is 0 Å². The molecule has 55 heavy (non-hydrogen) atoms. The maximum atomic E-state index is 14.3. The molecule has 2 bridgehead atoms. The topological polar surface area (TPSA) is 108 Å². The second kappa shape index (κ2) is 12.8. The summed E-state index contributed by atoms with van der Waals surface area (Å²) in [4.78, 5) is 38.4. The van der Waals surface area contributed by atoms with Gasteiger partial charge in [0.2, 0.25) is 5.60 Å². The molecular weight excluding hydrogens is 693 g/mol. The number of rotatable bonds is 6. The van der Waals surface area contributed by atoms with Gasteiger partial charge in [0.15, 0.2) is 6.10 Å². The summed E-state index contributed by atoms with van der Waals surface area (Å²) in [6.45, 7) is 12.3. The maximum absolute atomic E-state index is 14.3. The zero-order chi connectivity index (χ0) is 38.7. The molecule has 6 heterocycles. The first-order valence-corrected chi connectivity index (χ1v) is 20.3. The standard InChI is InChI=1S/C45H56N4O6/c1-8-29-22-30-24-44(54-7,37-32(15-19-48(25-29)26-30)31-13-10-11-14-35(31)46-37)33-23-34-36(21-27(33)3)47(5)39-43(34)17-20-49-18-12-16-42(9-2,38(43)49)40(55-28(4)50)45(39,52)41(51)53-6/h10-14,16,21-23,30,38-40,46,52H,8-9,15,17-20,24-26H2,1-7H3/t30-,38-,39?,40+,42+,43+,44-,45-/m0/s1. The summed E-state index contributed by atoms with van der Waals surface area (Å²) in [6.07, 6.45) is 9.56. The molecule has 10 nitrogen and oxygen atoms in total. The zero-order valence-corrected chi connectivity index (χ0v) is 33.4. The molecule has 1 saturated carbocycles. The van der Waals surface area contributed by atoms with Crippen LogP contribution in [0.1, 0.15) is 74.4 Å². The molecule has 2 aromatic carbocycles. The normalized spacial score (nSPS) is 36.2. The molecule has 2 unspecified atom stereocenters. The number of carbonyl (C=O) groups excluding carboxylic acids is 2. The highest BCUT2D eigenvalue weighted by Gasteiger charge is 2.80. The lowest BCUT2D eigenvalue weighted by molar-refractivity contribution is -0.228. The Morgan fingerprint density at radius 1 is 1.07 bits per heavy atom. The number of fused-ring (bicyclic) bond motifs is 6. The van der Waals surface area contributed by atoms with Crippen molar-refractivity contribution in [2.24, 2.45) is 11.3 Å². The number of nitrogens with one attached hydrogen (secondary N) is 1. The van der Waals surface area contributed by atoms with E-state index in [0.29, 0.717) is 6.42 Å². The van der Waals surface area contributed by atoms with Gasteiger partial charge in [-0.1, -0.05) is 55.8 Å². The minimum atomic E-state index is -2.17. The summed E-state index contributed by atoms with van der Waals surface area (Å²) >= 11 is 0. The summed E-state index contributed by atoms with van der Waals surface area (Å²) in [5, 5.41) is 14.5. The van der Waals surface area contributed by atoms with Crippen LogP contribution in [0.25, 0.3) is 10.9 Å². The molecular formula is C45H56N4O6. The number of para-hydroxylation sites is 1. The molecule has 0 radical (unpaired) electrons. The predicted molar refractivity (Wildman–Crippen MR) is 212 cm³/mol. The molecule has 9 rings (SSSR count). The van der Waals surface area contributed by atoms with Crippen molar-refractivity contribution >= 4 is 28.5 Å². The van der Waals surface area contributed by atoms with Gasteiger partial charge in [-0.2, -0.15) is 0 Å². The van der Waals surface area contributed by atoms with Crippen LogP contribution >= 0.6 is 0 Å². The monoisotopic (exact) mass is 748 g/mol. The summed E-state index contributed by atoms with van der Waals surface area (Å²) < 4.78 is 18.7. The van der Waals surface area contributed by atoms with E-state index in [4.69, 9.17) is 14.2 Å². The van der Waals surface area contributed by atoms with Crippen LogP contribution in [-0.2, 0) is 41.2 Å². The number of anilines is 1. The SMILES string of the molecule is CCC1=C[C@@H]2CN(CCc3c([nH]c4ccccc34)[C@@](OC)(c3cc4c(cc3C)N(C)C3[C@]45CCN4CC=C[C@@](CC)([C@@H](OC(C)=O)[C@]3(O)C(=O)OC)[C@H]45)C2)C1. The number of ether oxygens (including phenoxy) is 3. The van der Waals surface area contributed by atoms with Crippen molar-refractivity contribution in [3.05, 3.63) is 88.1 Å². The lowest BCUT2D eigenvalue weighted by Gasteiger charge is -2.63. The molecule has 292 valence electrons. The molecule has 1 spiro atoms. The Labute approximate surface area is 324 Å². The van der Waals surface area contributed by atoms with Crippen LogP contribution in [0, 0.1) is 18.3 Å². The van der Waals surface area contributed by atoms with E-state index in [2.05, 4.69) is 95.1 Å². The number of H-pyrrole nitrogens is 1. The largest absolute Gasteiger partial charge is 0.467 e. The highest BCUT2D eigenvalue weighted by molar-refractivity contribution is 5.88. The lowest BCUT2D eigenvalue weighted by atomic mass is 9.47.